The fourth-order valence-electron chi connectivity index (χ4n) is 2.89. The van der Waals surface area contributed by atoms with Gasteiger partial charge >= 0.3 is 6.09 Å². The minimum absolute atomic E-state index is 0.0620. The molecule has 0 spiro atoms. The van der Waals surface area contributed by atoms with Gasteiger partial charge in [0.05, 0.1) is 6.04 Å². The molecule has 0 radical (unpaired) electrons. The second-order valence-corrected chi connectivity index (χ2v) is 7.80. The number of carbonyl (C=O) groups excluding carboxylic acids is 1. The summed E-state index contributed by atoms with van der Waals surface area (Å²) in [5, 5.41) is 7.09. The Kier molecular flexibility index (Phi) is 7.14. The lowest BCUT2D eigenvalue weighted by Gasteiger charge is -2.23. The number of nitrogens with one attached hydrogen (secondary N) is 2. The van der Waals surface area contributed by atoms with Crippen molar-refractivity contribution in [2.24, 2.45) is 4.99 Å². The van der Waals surface area contributed by atoms with Crippen LogP contribution in [0.15, 0.2) is 29.3 Å². The number of ether oxygens (including phenoxy) is 1. The highest BCUT2D eigenvalue weighted by Gasteiger charge is 2.27. The molecule has 2 N–H and O–H groups in total. The molecule has 144 valence electrons. The highest BCUT2D eigenvalue weighted by molar-refractivity contribution is 6.31. The van der Waals surface area contributed by atoms with Gasteiger partial charge in [0.15, 0.2) is 5.96 Å². The zero-order valence-electron chi connectivity index (χ0n) is 16.0. The van der Waals surface area contributed by atoms with Gasteiger partial charge in [-0.3, -0.25) is 4.99 Å². The van der Waals surface area contributed by atoms with Gasteiger partial charge in [0.1, 0.15) is 5.60 Å². The van der Waals surface area contributed by atoms with Crippen molar-refractivity contribution >= 4 is 23.7 Å². The number of hydrogen-bond donors (Lipinski definition) is 2. The molecule has 1 amide bonds. The minimum Gasteiger partial charge on any atom is -0.444 e. The summed E-state index contributed by atoms with van der Waals surface area (Å²) in [6.45, 7) is 7.88. The molecule has 1 aliphatic rings. The number of aliphatic imine (C=N–C) groups is 1. The number of rotatable bonds is 4. The Labute approximate surface area is 161 Å². The molecule has 0 aliphatic carbocycles. The van der Waals surface area contributed by atoms with Crippen LogP contribution in [-0.4, -0.2) is 55.3 Å². The quantitative estimate of drug-likeness (QED) is 0.622. The van der Waals surface area contributed by atoms with Crippen LogP contribution in [0.5, 0.6) is 0 Å². The van der Waals surface area contributed by atoms with Crippen LogP contribution in [-0.2, 0) is 11.2 Å². The van der Waals surface area contributed by atoms with Gasteiger partial charge in [0.25, 0.3) is 0 Å². The second-order valence-electron chi connectivity index (χ2n) is 7.39. The molecule has 7 heteroatoms. The molecule has 1 aliphatic heterocycles. The Balaban J connectivity index is 1.78. The second kappa shape index (κ2) is 9.12. The molecule has 1 atom stereocenters. The number of amides is 1. The number of carbonyl (C=O) groups is 1. The van der Waals surface area contributed by atoms with Crippen LogP contribution in [0.2, 0.25) is 5.02 Å². The molecule has 0 saturated carbocycles. The third kappa shape index (κ3) is 6.41. The number of halogens is 1. The largest absolute Gasteiger partial charge is 0.444 e. The highest BCUT2D eigenvalue weighted by Crippen LogP contribution is 2.15. The Hall–Kier alpha value is -1.95. The predicted octanol–water partition coefficient (Wildman–Crippen LogP) is 3.06. The normalized spacial score (nSPS) is 18.0. The minimum atomic E-state index is -0.487. The number of nitrogens with zero attached hydrogens (tertiary/aromatic N) is 2. The Morgan fingerprint density at radius 1 is 1.38 bits per heavy atom. The van der Waals surface area contributed by atoms with E-state index in [1.54, 1.807) is 7.05 Å². The van der Waals surface area contributed by atoms with Gasteiger partial charge in [-0.15, -0.1) is 0 Å². The van der Waals surface area contributed by atoms with Gasteiger partial charge in [-0.2, -0.15) is 0 Å². The SMILES string of the molecule is CN=C(NCCc1ccccc1Cl)N1CCC(NC(=O)OC(C)(C)C)C1. The van der Waals surface area contributed by atoms with Crippen molar-refractivity contribution in [1.82, 2.24) is 15.5 Å². The maximum atomic E-state index is 11.9. The van der Waals surface area contributed by atoms with Gasteiger partial charge in [0.2, 0.25) is 0 Å². The van der Waals surface area contributed by atoms with E-state index in [0.29, 0.717) is 6.54 Å². The summed E-state index contributed by atoms with van der Waals surface area (Å²) in [5.74, 6) is 0.838. The number of hydrogen-bond acceptors (Lipinski definition) is 3. The van der Waals surface area contributed by atoms with Crippen LogP contribution in [0.25, 0.3) is 0 Å². The van der Waals surface area contributed by atoms with Crippen LogP contribution < -0.4 is 10.6 Å². The van der Waals surface area contributed by atoms with Crippen molar-refractivity contribution in [3.8, 4) is 0 Å². The maximum absolute atomic E-state index is 11.9. The van der Waals surface area contributed by atoms with E-state index in [9.17, 15) is 4.79 Å². The van der Waals surface area contributed by atoms with E-state index >= 15 is 0 Å². The van der Waals surface area contributed by atoms with Gasteiger partial charge in [-0.05, 0) is 45.2 Å². The van der Waals surface area contributed by atoms with Crippen molar-refractivity contribution in [2.45, 2.75) is 45.3 Å². The molecule has 1 aromatic rings. The first-order valence-electron chi connectivity index (χ1n) is 8.97. The maximum Gasteiger partial charge on any atom is 0.407 e. The topological polar surface area (TPSA) is 66.0 Å². The van der Waals surface area contributed by atoms with Crippen LogP contribution in [0.3, 0.4) is 0 Å². The first-order valence-corrected chi connectivity index (χ1v) is 9.35. The summed E-state index contributed by atoms with van der Waals surface area (Å²) >= 11 is 6.19. The Morgan fingerprint density at radius 3 is 2.77 bits per heavy atom. The van der Waals surface area contributed by atoms with Gasteiger partial charge in [0, 0.05) is 31.7 Å². The van der Waals surface area contributed by atoms with E-state index in [2.05, 4.69) is 20.5 Å². The van der Waals surface area contributed by atoms with E-state index in [4.69, 9.17) is 16.3 Å². The summed E-state index contributed by atoms with van der Waals surface area (Å²) in [6, 6.07) is 7.92. The summed E-state index contributed by atoms with van der Waals surface area (Å²) in [7, 11) is 1.77. The molecule has 6 nitrogen and oxygen atoms in total. The predicted molar refractivity (Wildman–Crippen MR) is 106 cm³/mol. The standard InChI is InChI=1S/C19H29ClN4O2/c1-19(2,3)26-18(25)23-15-10-12-24(13-15)17(21-4)22-11-9-14-7-5-6-8-16(14)20/h5-8,15H,9-13H2,1-4H3,(H,21,22)(H,23,25). The summed E-state index contributed by atoms with van der Waals surface area (Å²) < 4.78 is 5.32. The van der Waals surface area contributed by atoms with Gasteiger partial charge < -0.3 is 20.3 Å². The summed E-state index contributed by atoms with van der Waals surface area (Å²) in [4.78, 5) is 18.4. The van der Waals surface area contributed by atoms with Crippen molar-refractivity contribution in [3.63, 3.8) is 0 Å². The monoisotopic (exact) mass is 380 g/mol. The van der Waals surface area contributed by atoms with E-state index in [0.717, 1.165) is 42.5 Å². The highest BCUT2D eigenvalue weighted by atomic mass is 35.5. The molecule has 2 rings (SSSR count). The Morgan fingerprint density at radius 2 is 2.12 bits per heavy atom. The van der Waals surface area contributed by atoms with Crippen molar-refractivity contribution in [1.29, 1.82) is 0 Å². The van der Waals surface area contributed by atoms with Crippen LogP contribution in [0.4, 0.5) is 4.79 Å². The zero-order chi connectivity index (χ0) is 19.2. The molecule has 1 saturated heterocycles. The number of likely N-dealkylation sites (tertiary alicyclic amines) is 1. The first kappa shape index (κ1) is 20.4. The molecule has 1 aromatic carbocycles. The lowest BCUT2D eigenvalue weighted by atomic mass is 10.1. The lowest BCUT2D eigenvalue weighted by Crippen LogP contribution is -2.44. The zero-order valence-corrected chi connectivity index (χ0v) is 16.8. The van der Waals surface area contributed by atoms with Crippen molar-refractivity contribution in [3.05, 3.63) is 34.9 Å². The number of alkyl carbamates (subject to hydrolysis) is 1. The third-order valence-corrected chi connectivity index (χ3v) is 4.42. The number of benzene rings is 1. The van der Waals surface area contributed by atoms with E-state index < -0.39 is 5.60 Å². The molecule has 1 unspecified atom stereocenters. The molecule has 26 heavy (non-hydrogen) atoms. The van der Waals surface area contributed by atoms with Crippen LogP contribution in [0, 0.1) is 0 Å². The van der Waals surface area contributed by atoms with Crippen LogP contribution >= 0.6 is 11.6 Å². The molecule has 0 aromatic heterocycles. The fourth-order valence-corrected chi connectivity index (χ4v) is 3.12. The first-order chi connectivity index (χ1) is 12.3. The summed E-state index contributed by atoms with van der Waals surface area (Å²) in [6.07, 6.45) is 1.32. The average Bonchev–Trinajstić information content (AvgIpc) is 2.99. The van der Waals surface area contributed by atoms with Crippen molar-refractivity contribution in [2.75, 3.05) is 26.7 Å². The number of guanidine groups is 1. The molecule has 0 bridgehead atoms. The van der Waals surface area contributed by atoms with Gasteiger partial charge in [-0.25, -0.2) is 4.79 Å². The average molecular weight is 381 g/mol. The van der Waals surface area contributed by atoms with E-state index in [1.807, 2.05) is 45.0 Å². The third-order valence-electron chi connectivity index (χ3n) is 4.06. The molecule has 1 fully saturated rings. The van der Waals surface area contributed by atoms with E-state index in [1.165, 1.54) is 0 Å². The molecule has 1 heterocycles. The fraction of sp³-hybridized carbons (Fsp3) is 0.579. The molecular weight excluding hydrogens is 352 g/mol. The van der Waals surface area contributed by atoms with Crippen LogP contribution in [0.1, 0.15) is 32.8 Å². The van der Waals surface area contributed by atoms with E-state index in [-0.39, 0.29) is 12.1 Å². The molecular formula is C19H29ClN4O2. The van der Waals surface area contributed by atoms with Crippen molar-refractivity contribution < 1.29 is 9.53 Å². The van der Waals surface area contributed by atoms with Gasteiger partial charge in [-0.1, -0.05) is 29.8 Å². The Bertz CT molecular complexity index is 643. The smallest absolute Gasteiger partial charge is 0.407 e. The summed E-state index contributed by atoms with van der Waals surface area (Å²) in [5.41, 5.74) is 0.626. The lowest BCUT2D eigenvalue weighted by molar-refractivity contribution is 0.0507.